The third-order valence-electron chi connectivity index (χ3n) is 22.4. The molecule has 0 atom stereocenters. The monoisotopic (exact) mass is 1400 g/mol. The predicted molar refractivity (Wildman–Crippen MR) is 466 cm³/mol. The van der Waals surface area contributed by atoms with Crippen molar-refractivity contribution in [3.05, 3.63) is 413 Å². The first-order valence-corrected chi connectivity index (χ1v) is 37.7. The first-order chi connectivity index (χ1) is 54.6. The van der Waals surface area contributed by atoms with Gasteiger partial charge in [-0.3, -0.25) is 9.97 Å². The van der Waals surface area contributed by atoms with Gasteiger partial charge in [0.25, 0.3) is 0 Å². The van der Waals surface area contributed by atoms with Crippen LogP contribution in [0.1, 0.15) is 0 Å². The number of hydrogen-bond donors (Lipinski definition) is 0. The van der Waals surface area contributed by atoms with Gasteiger partial charge >= 0.3 is 0 Å². The van der Waals surface area contributed by atoms with Crippen LogP contribution >= 0.6 is 0 Å². The predicted octanol–water partition coefficient (Wildman–Crippen LogP) is 28.6. The van der Waals surface area contributed by atoms with E-state index in [1.54, 1.807) is 0 Å². The van der Waals surface area contributed by atoms with Crippen LogP contribution in [0.25, 0.3) is 209 Å². The molecule has 0 aliphatic heterocycles. The molecule has 4 nitrogen and oxygen atoms in total. The summed E-state index contributed by atoms with van der Waals surface area (Å²) in [5.41, 5.74) is 25.7. The van der Waals surface area contributed by atoms with Gasteiger partial charge in [-0.1, -0.05) is 322 Å². The molecule has 4 heteroatoms. The van der Waals surface area contributed by atoms with Gasteiger partial charge in [0.05, 0.1) is 33.5 Å². The summed E-state index contributed by atoms with van der Waals surface area (Å²) in [7, 11) is 0. The van der Waals surface area contributed by atoms with Crippen molar-refractivity contribution in [2.75, 3.05) is 0 Å². The van der Waals surface area contributed by atoms with Crippen molar-refractivity contribution >= 4 is 108 Å². The summed E-state index contributed by atoms with van der Waals surface area (Å²) < 4.78 is 4.79. The van der Waals surface area contributed by atoms with Gasteiger partial charge in [0.2, 0.25) is 0 Å². The average molecular weight is 1400 g/mol. The number of nitrogens with zero attached hydrogens (tertiary/aromatic N) is 4. The first kappa shape index (κ1) is 63.9. The number of aromatic nitrogens is 4. The minimum absolute atomic E-state index is 0.965. The fourth-order valence-corrected chi connectivity index (χ4v) is 17.4. The van der Waals surface area contributed by atoms with Crippen LogP contribution in [-0.2, 0) is 0 Å². The Hall–Kier alpha value is -14.6. The summed E-state index contributed by atoms with van der Waals surface area (Å²) in [6.45, 7) is 0. The number of hydrogen-bond acceptors (Lipinski definition) is 2. The second kappa shape index (κ2) is 26.8. The summed E-state index contributed by atoms with van der Waals surface area (Å²) >= 11 is 0. The van der Waals surface area contributed by atoms with Gasteiger partial charge in [-0.05, 0) is 199 Å². The maximum absolute atomic E-state index is 5.27. The fraction of sp³-hybridized carbons (Fsp3) is 0. The first-order valence-electron chi connectivity index (χ1n) is 37.7. The molecular formula is C106H68N4. The van der Waals surface area contributed by atoms with E-state index in [1.807, 2.05) is 6.20 Å². The zero-order valence-corrected chi connectivity index (χ0v) is 60.0. The van der Waals surface area contributed by atoms with Crippen LogP contribution in [0.5, 0.6) is 0 Å². The van der Waals surface area contributed by atoms with E-state index in [4.69, 9.17) is 9.97 Å². The molecule has 0 saturated carbocycles. The van der Waals surface area contributed by atoms with Gasteiger partial charge in [-0.25, -0.2) is 0 Å². The molecule has 0 aliphatic carbocycles. The Bertz CT molecular complexity index is 7190. The SMILES string of the molecule is c1ccc(-c2ccc(-c3c4ccccc4c(-c4ccc(-c5ccc6c(c5)c5cc7ccccc7cc5n6-c5ccccc5)cn4)c4ccccc34)cc2)cc1.c1ccc(-c2ccc(-c3c4ccccc4c(-c4ccc(-c5cccc6c5c5cc7ccccc7cc5n6-c5ccccc5)cn4)c4ccccc34)cc2)cc1. The standard InChI is InChI=1S/2C53H34N2/c1-3-14-35(15-4-1)36-26-28-37(29-27-36)51-43-20-9-11-22-45(43)52(46-23-12-10-21-44(46)51)48-31-30-40(34-54-48)42-24-13-25-49-53(42)47-32-38-16-7-8-17-39(38)33-50(47)55(49)41-18-5-2-6-19-41;1-3-13-35(14-4-1)36-23-25-37(26-24-36)52-43-19-9-11-21-45(43)53(46-22-12-10-20-44(46)52)49-29-27-41(34-54-49)40-28-30-50-47(32-40)48-31-38-15-7-8-16-39(38)33-51(48)55(50)42-17-5-2-6-18-42/h2*1-34H. The Balaban J connectivity index is 0.000000140. The van der Waals surface area contributed by atoms with Crippen molar-refractivity contribution in [3.8, 4) is 101 Å². The van der Waals surface area contributed by atoms with E-state index in [0.717, 1.165) is 50.6 Å². The lowest BCUT2D eigenvalue weighted by Gasteiger charge is -2.17. The van der Waals surface area contributed by atoms with Gasteiger partial charge < -0.3 is 9.13 Å². The Morgan fingerprint density at radius 2 is 0.500 bits per heavy atom. The highest BCUT2D eigenvalue weighted by atomic mass is 15.0. The zero-order chi connectivity index (χ0) is 72.6. The van der Waals surface area contributed by atoms with Gasteiger partial charge in [-0.15, -0.1) is 0 Å². The van der Waals surface area contributed by atoms with Crippen molar-refractivity contribution in [2.45, 2.75) is 0 Å². The summed E-state index contributed by atoms with van der Waals surface area (Å²) in [4.78, 5) is 10.5. The highest BCUT2D eigenvalue weighted by Gasteiger charge is 2.23. The molecule has 0 amide bonds. The highest BCUT2D eigenvalue weighted by molar-refractivity contribution is 6.24. The highest BCUT2D eigenvalue weighted by Crippen LogP contribution is 2.48. The second-order valence-electron chi connectivity index (χ2n) is 28.6. The lowest BCUT2D eigenvalue weighted by atomic mass is 9.86. The van der Waals surface area contributed by atoms with E-state index in [-0.39, 0.29) is 0 Å². The molecule has 0 fully saturated rings. The van der Waals surface area contributed by atoms with E-state index in [0.29, 0.717) is 0 Å². The van der Waals surface area contributed by atoms with Gasteiger partial charge in [-0.2, -0.15) is 0 Å². The van der Waals surface area contributed by atoms with E-state index in [9.17, 15) is 0 Å². The summed E-state index contributed by atoms with van der Waals surface area (Å²) in [6.07, 6.45) is 4.11. The molecule has 4 aromatic heterocycles. The molecule has 0 bridgehead atoms. The van der Waals surface area contributed by atoms with Crippen molar-refractivity contribution in [1.82, 2.24) is 19.1 Å². The van der Waals surface area contributed by atoms with Crippen LogP contribution < -0.4 is 0 Å². The fourth-order valence-electron chi connectivity index (χ4n) is 17.4. The number of rotatable bonds is 10. The third kappa shape index (κ3) is 10.9. The Kier molecular flexibility index (Phi) is 15.5. The molecule has 0 radical (unpaired) electrons. The molecule has 110 heavy (non-hydrogen) atoms. The summed E-state index contributed by atoms with van der Waals surface area (Å²) in [5.74, 6) is 0. The van der Waals surface area contributed by atoms with Crippen molar-refractivity contribution in [1.29, 1.82) is 0 Å². The largest absolute Gasteiger partial charge is 0.309 e. The smallest absolute Gasteiger partial charge is 0.0714 e. The van der Waals surface area contributed by atoms with Crippen molar-refractivity contribution in [3.63, 3.8) is 0 Å². The minimum atomic E-state index is 0.965. The number of para-hydroxylation sites is 2. The summed E-state index contributed by atoms with van der Waals surface area (Å²) in [6, 6.07) is 145. The number of pyridine rings is 2. The molecule has 22 rings (SSSR count). The second-order valence-corrected chi connectivity index (χ2v) is 28.6. The maximum Gasteiger partial charge on any atom is 0.0714 e. The molecule has 0 N–H and O–H groups in total. The Morgan fingerprint density at radius 3 is 0.936 bits per heavy atom. The Morgan fingerprint density at radius 1 is 0.173 bits per heavy atom. The van der Waals surface area contributed by atoms with Gasteiger partial charge in [0.15, 0.2) is 0 Å². The maximum atomic E-state index is 5.27. The van der Waals surface area contributed by atoms with Crippen LogP contribution in [-0.4, -0.2) is 19.1 Å². The zero-order valence-electron chi connectivity index (χ0n) is 60.0. The quantitative estimate of drug-likeness (QED) is 0.128. The molecule has 0 aliphatic rings. The molecule has 0 spiro atoms. The van der Waals surface area contributed by atoms with Crippen molar-refractivity contribution < 1.29 is 0 Å². The third-order valence-corrected chi connectivity index (χ3v) is 22.4. The number of fused-ring (bicyclic) bond motifs is 12. The molecule has 512 valence electrons. The molecule has 0 unspecified atom stereocenters. The van der Waals surface area contributed by atoms with E-state index in [2.05, 4.69) is 416 Å². The van der Waals surface area contributed by atoms with E-state index < -0.39 is 0 Å². The van der Waals surface area contributed by atoms with Gasteiger partial charge in [0.1, 0.15) is 0 Å². The lowest BCUT2D eigenvalue weighted by Crippen LogP contribution is -1.93. The van der Waals surface area contributed by atoms with Crippen molar-refractivity contribution in [2.24, 2.45) is 0 Å². The van der Waals surface area contributed by atoms with Crippen LogP contribution in [0, 0.1) is 0 Å². The minimum Gasteiger partial charge on any atom is -0.309 e. The summed E-state index contributed by atoms with van der Waals surface area (Å²) in [5, 5.41) is 19.6. The normalized spacial score (nSPS) is 11.6. The lowest BCUT2D eigenvalue weighted by molar-refractivity contribution is 1.18. The van der Waals surface area contributed by atoms with Crippen LogP contribution in [0.15, 0.2) is 413 Å². The molecule has 22 aromatic rings. The number of benzene rings is 18. The average Bonchev–Trinajstić information content (AvgIpc) is 1.39. The molecule has 0 saturated heterocycles. The van der Waals surface area contributed by atoms with E-state index >= 15 is 0 Å². The Labute approximate surface area is 636 Å². The van der Waals surface area contributed by atoms with Crippen LogP contribution in [0.4, 0.5) is 0 Å². The molecule has 18 aromatic carbocycles. The van der Waals surface area contributed by atoms with Crippen LogP contribution in [0.2, 0.25) is 0 Å². The molecule has 4 heterocycles. The van der Waals surface area contributed by atoms with Crippen LogP contribution in [0.3, 0.4) is 0 Å². The van der Waals surface area contributed by atoms with Gasteiger partial charge in [0, 0.05) is 67.6 Å². The molecular weight excluding hydrogens is 1330 g/mol. The topological polar surface area (TPSA) is 35.6 Å². The van der Waals surface area contributed by atoms with E-state index in [1.165, 1.54) is 158 Å².